The maximum atomic E-state index is 11.4. The Labute approximate surface area is 119 Å². The third-order valence-corrected chi connectivity index (χ3v) is 5.23. The van der Waals surface area contributed by atoms with Gasteiger partial charge in [0.25, 0.3) is 0 Å². The van der Waals surface area contributed by atoms with Crippen molar-refractivity contribution in [2.45, 2.75) is 37.0 Å². The fourth-order valence-corrected chi connectivity index (χ4v) is 3.33. The molecule has 4 nitrogen and oxygen atoms in total. The van der Waals surface area contributed by atoms with E-state index in [1.165, 1.54) is 6.26 Å². The molecule has 0 spiro atoms. The first-order valence-corrected chi connectivity index (χ1v) is 8.75. The monoisotopic (exact) mass is 296 g/mol. The van der Waals surface area contributed by atoms with Gasteiger partial charge in [-0.2, -0.15) is 0 Å². The lowest BCUT2D eigenvalue weighted by molar-refractivity contribution is -0.138. The number of hydrogen-bond donors (Lipinski definition) is 1. The molecule has 1 fully saturated rings. The molecule has 0 aliphatic heterocycles. The van der Waals surface area contributed by atoms with E-state index in [4.69, 9.17) is 5.11 Å². The second-order valence-electron chi connectivity index (χ2n) is 5.62. The van der Waals surface area contributed by atoms with Gasteiger partial charge in [0, 0.05) is 6.26 Å². The summed E-state index contributed by atoms with van der Waals surface area (Å²) in [6.07, 6.45) is 3.76. The summed E-state index contributed by atoms with van der Waals surface area (Å²) in [5.74, 6) is -0.304. The molecule has 1 aliphatic rings. The van der Waals surface area contributed by atoms with Crippen LogP contribution in [0.5, 0.6) is 0 Å². The minimum atomic E-state index is -3.16. The van der Waals surface area contributed by atoms with Gasteiger partial charge in [0.1, 0.15) is 0 Å². The third kappa shape index (κ3) is 3.39. The van der Waals surface area contributed by atoms with E-state index in [0.717, 1.165) is 24.8 Å². The number of carbonyl (C=O) groups is 1. The van der Waals surface area contributed by atoms with Crippen LogP contribution in [0.4, 0.5) is 0 Å². The number of benzene rings is 1. The van der Waals surface area contributed by atoms with Gasteiger partial charge in [-0.25, -0.2) is 8.42 Å². The van der Waals surface area contributed by atoms with Gasteiger partial charge in [0.2, 0.25) is 0 Å². The molecule has 1 aromatic carbocycles. The van der Waals surface area contributed by atoms with Crippen molar-refractivity contribution in [1.82, 2.24) is 0 Å². The third-order valence-electron chi connectivity index (χ3n) is 4.10. The van der Waals surface area contributed by atoms with Crippen LogP contribution in [0.2, 0.25) is 0 Å². The lowest BCUT2D eigenvalue weighted by Gasteiger charge is -2.15. The van der Waals surface area contributed by atoms with Crippen molar-refractivity contribution in [3.8, 4) is 0 Å². The summed E-state index contributed by atoms with van der Waals surface area (Å²) < 4.78 is 22.8. The van der Waals surface area contributed by atoms with Crippen LogP contribution in [-0.4, -0.2) is 25.7 Å². The van der Waals surface area contributed by atoms with E-state index in [2.05, 4.69) is 6.92 Å². The highest BCUT2D eigenvalue weighted by Gasteiger charge is 2.43. The molecule has 0 saturated heterocycles. The van der Waals surface area contributed by atoms with Crippen LogP contribution in [0.3, 0.4) is 0 Å². The van der Waals surface area contributed by atoms with E-state index in [0.29, 0.717) is 10.8 Å². The Morgan fingerprint density at radius 1 is 1.35 bits per heavy atom. The second-order valence-corrected chi connectivity index (χ2v) is 7.64. The molecule has 1 saturated carbocycles. The van der Waals surface area contributed by atoms with Gasteiger partial charge in [0.15, 0.2) is 9.84 Å². The Morgan fingerprint density at radius 2 is 1.95 bits per heavy atom. The number of sulfone groups is 1. The fraction of sp³-hybridized carbons (Fsp3) is 0.533. The van der Waals surface area contributed by atoms with E-state index in [1.54, 1.807) is 12.1 Å². The largest absolute Gasteiger partial charge is 0.481 e. The van der Waals surface area contributed by atoms with Crippen molar-refractivity contribution < 1.29 is 18.3 Å². The standard InChI is InChI=1S/C15H20O4S/c1-3-10(8-12-9-14(12)15(16)17)11-4-6-13(7-5-11)20(2,18)19/h4-7,10,12,14H,3,8-9H2,1-2H3,(H,16,17). The topological polar surface area (TPSA) is 71.4 Å². The van der Waals surface area contributed by atoms with Crippen LogP contribution in [-0.2, 0) is 14.6 Å². The number of aliphatic carboxylic acids is 1. The lowest BCUT2D eigenvalue weighted by atomic mass is 9.91. The average Bonchev–Trinajstić information content (AvgIpc) is 3.14. The van der Waals surface area contributed by atoms with Gasteiger partial charge in [-0.05, 0) is 48.8 Å². The SMILES string of the molecule is CCC(CC1CC1C(=O)O)c1ccc(S(C)(=O)=O)cc1. The molecule has 0 radical (unpaired) electrons. The zero-order valence-corrected chi connectivity index (χ0v) is 12.6. The minimum Gasteiger partial charge on any atom is -0.481 e. The summed E-state index contributed by atoms with van der Waals surface area (Å²) in [6, 6.07) is 6.97. The number of hydrogen-bond acceptors (Lipinski definition) is 3. The van der Waals surface area contributed by atoms with Gasteiger partial charge in [-0.15, -0.1) is 0 Å². The maximum absolute atomic E-state index is 11.4. The van der Waals surface area contributed by atoms with Crippen molar-refractivity contribution >= 4 is 15.8 Å². The van der Waals surface area contributed by atoms with Crippen molar-refractivity contribution in [1.29, 1.82) is 0 Å². The zero-order chi connectivity index (χ0) is 14.9. The molecular weight excluding hydrogens is 276 g/mol. The minimum absolute atomic E-state index is 0.181. The van der Waals surface area contributed by atoms with Crippen molar-refractivity contribution in [2.75, 3.05) is 6.26 Å². The molecule has 0 heterocycles. The first-order valence-electron chi connectivity index (χ1n) is 6.85. The molecule has 1 aromatic rings. The summed E-state index contributed by atoms with van der Waals surface area (Å²) in [7, 11) is -3.16. The molecule has 5 heteroatoms. The highest BCUT2D eigenvalue weighted by Crippen LogP contribution is 2.46. The number of carboxylic acid groups (broad SMARTS) is 1. The van der Waals surface area contributed by atoms with Gasteiger partial charge >= 0.3 is 5.97 Å². The molecule has 0 aromatic heterocycles. The Balaban J connectivity index is 2.07. The predicted molar refractivity (Wildman–Crippen MR) is 76.4 cm³/mol. The molecule has 3 unspecified atom stereocenters. The molecule has 1 aliphatic carbocycles. The molecule has 0 amide bonds. The van der Waals surface area contributed by atoms with E-state index in [-0.39, 0.29) is 11.8 Å². The number of rotatable bonds is 6. The van der Waals surface area contributed by atoms with Gasteiger partial charge in [0.05, 0.1) is 10.8 Å². The van der Waals surface area contributed by atoms with E-state index >= 15 is 0 Å². The van der Waals surface area contributed by atoms with E-state index < -0.39 is 15.8 Å². The summed E-state index contributed by atoms with van der Waals surface area (Å²) >= 11 is 0. The highest BCUT2D eigenvalue weighted by molar-refractivity contribution is 7.90. The smallest absolute Gasteiger partial charge is 0.306 e. The predicted octanol–water partition coefficient (Wildman–Crippen LogP) is 2.69. The molecule has 2 rings (SSSR count). The molecule has 1 N–H and O–H groups in total. The van der Waals surface area contributed by atoms with Crippen LogP contribution < -0.4 is 0 Å². The maximum Gasteiger partial charge on any atom is 0.306 e. The molecule has 20 heavy (non-hydrogen) atoms. The van der Waals surface area contributed by atoms with E-state index in [1.807, 2.05) is 12.1 Å². The van der Waals surface area contributed by atoms with Crippen LogP contribution in [0, 0.1) is 11.8 Å². The molecule has 110 valence electrons. The average molecular weight is 296 g/mol. The summed E-state index contributed by atoms with van der Waals surface area (Å²) in [6.45, 7) is 2.08. The van der Waals surface area contributed by atoms with Gasteiger partial charge in [-0.3, -0.25) is 4.79 Å². The summed E-state index contributed by atoms with van der Waals surface area (Å²) in [5, 5.41) is 8.94. The molecular formula is C15H20O4S. The lowest BCUT2D eigenvalue weighted by Crippen LogP contribution is -2.04. The van der Waals surface area contributed by atoms with Crippen LogP contribution in [0.25, 0.3) is 0 Å². The van der Waals surface area contributed by atoms with Crippen LogP contribution in [0.1, 0.15) is 37.7 Å². The Morgan fingerprint density at radius 3 is 2.35 bits per heavy atom. The molecule has 0 bridgehead atoms. The highest BCUT2D eigenvalue weighted by atomic mass is 32.2. The Hall–Kier alpha value is -1.36. The normalized spacial score (nSPS) is 23.3. The zero-order valence-electron chi connectivity index (χ0n) is 11.7. The summed E-state index contributed by atoms with van der Waals surface area (Å²) in [5.41, 5.74) is 1.09. The summed E-state index contributed by atoms with van der Waals surface area (Å²) in [4.78, 5) is 11.2. The quantitative estimate of drug-likeness (QED) is 0.876. The van der Waals surface area contributed by atoms with Crippen LogP contribution >= 0.6 is 0 Å². The van der Waals surface area contributed by atoms with Gasteiger partial charge < -0.3 is 5.11 Å². The van der Waals surface area contributed by atoms with Crippen molar-refractivity contribution in [2.24, 2.45) is 11.8 Å². The fourth-order valence-electron chi connectivity index (χ4n) is 2.70. The van der Waals surface area contributed by atoms with Gasteiger partial charge in [-0.1, -0.05) is 19.1 Å². The van der Waals surface area contributed by atoms with Crippen LogP contribution in [0.15, 0.2) is 29.2 Å². The first-order chi connectivity index (χ1) is 9.32. The Bertz CT molecular complexity index is 589. The number of carboxylic acids is 1. The first kappa shape index (κ1) is 15.0. The Kier molecular flexibility index (Phi) is 4.18. The van der Waals surface area contributed by atoms with Crippen molar-refractivity contribution in [3.05, 3.63) is 29.8 Å². The van der Waals surface area contributed by atoms with E-state index in [9.17, 15) is 13.2 Å². The second kappa shape index (κ2) is 5.56. The molecule has 3 atom stereocenters. The van der Waals surface area contributed by atoms with Crippen molar-refractivity contribution in [3.63, 3.8) is 0 Å².